The molecule has 1 amide bonds. The van der Waals surface area contributed by atoms with Crippen LogP contribution in [0.3, 0.4) is 0 Å². The zero-order valence-electron chi connectivity index (χ0n) is 26.0. The van der Waals surface area contributed by atoms with Gasteiger partial charge in [-0.2, -0.15) is 5.10 Å². The normalized spacial score (nSPS) is 15.6. The highest BCUT2D eigenvalue weighted by Crippen LogP contribution is 2.37. The number of carbonyl (C=O) groups is 2. The highest BCUT2D eigenvalue weighted by atomic mass is 19.1. The van der Waals surface area contributed by atoms with Crippen LogP contribution in [-0.4, -0.2) is 88.5 Å². The molecule has 0 unspecified atom stereocenters. The number of ether oxygens (including phenoxy) is 4. The number of hydrogen-bond acceptors (Lipinski definition) is 10. The summed E-state index contributed by atoms with van der Waals surface area (Å²) in [5.74, 6) is -1.38. The number of benzene rings is 2. The van der Waals surface area contributed by atoms with E-state index in [-0.39, 0.29) is 53.9 Å². The number of aromatic nitrogens is 4. The van der Waals surface area contributed by atoms with E-state index < -0.39 is 17.4 Å². The Morgan fingerprint density at radius 2 is 1.91 bits per heavy atom. The Balaban J connectivity index is 1.55. The number of amides is 1. The molecule has 1 atom stereocenters. The molecule has 0 saturated carbocycles. The second-order valence-electron chi connectivity index (χ2n) is 11.6. The first kappa shape index (κ1) is 30.9. The fourth-order valence-corrected chi connectivity index (χ4v) is 5.23. The number of hydrogen-bond donors (Lipinski definition) is 0. The number of piperazine rings is 1. The van der Waals surface area contributed by atoms with Gasteiger partial charge in [-0.05, 0) is 58.9 Å². The molecule has 0 N–H and O–H groups in total. The molecule has 5 rings (SSSR count). The van der Waals surface area contributed by atoms with Gasteiger partial charge in [-0.15, -0.1) is 0 Å². The van der Waals surface area contributed by atoms with E-state index in [0.717, 1.165) is 5.69 Å². The van der Waals surface area contributed by atoms with E-state index in [1.165, 1.54) is 11.8 Å². The highest BCUT2D eigenvalue weighted by Gasteiger charge is 2.31. The summed E-state index contributed by atoms with van der Waals surface area (Å²) in [6, 6.07) is 7.09. The molecule has 1 aliphatic heterocycles. The van der Waals surface area contributed by atoms with Gasteiger partial charge in [0.25, 0.3) is 0 Å². The van der Waals surface area contributed by atoms with E-state index in [2.05, 4.69) is 15.0 Å². The largest absolute Gasteiger partial charge is 0.464 e. The van der Waals surface area contributed by atoms with Gasteiger partial charge in [0.15, 0.2) is 29.9 Å². The van der Waals surface area contributed by atoms with Crippen LogP contribution < -0.4 is 9.64 Å². The maximum absolute atomic E-state index is 15.7. The van der Waals surface area contributed by atoms with Crippen molar-refractivity contribution in [2.75, 3.05) is 45.0 Å². The van der Waals surface area contributed by atoms with Crippen LogP contribution >= 0.6 is 0 Å². The van der Waals surface area contributed by atoms with E-state index in [9.17, 15) is 9.59 Å². The van der Waals surface area contributed by atoms with Crippen LogP contribution in [0.5, 0.6) is 5.75 Å². The minimum atomic E-state index is -0.688. The number of methoxy groups -OCH3 is 1. The van der Waals surface area contributed by atoms with E-state index in [1.54, 1.807) is 37.2 Å². The zero-order valence-corrected chi connectivity index (χ0v) is 26.0. The summed E-state index contributed by atoms with van der Waals surface area (Å²) < 4.78 is 38.7. The Morgan fingerprint density at radius 3 is 2.59 bits per heavy atom. The van der Waals surface area contributed by atoms with Gasteiger partial charge in [-0.25, -0.2) is 23.9 Å². The Labute approximate surface area is 254 Å². The molecule has 2 aromatic heterocycles. The van der Waals surface area contributed by atoms with Crippen LogP contribution in [0, 0.1) is 5.82 Å². The average molecular weight is 609 g/mol. The van der Waals surface area contributed by atoms with Crippen molar-refractivity contribution in [1.82, 2.24) is 24.6 Å². The summed E-state index contributed by atoms with van der Waals surface area (Å²) in [6.45, 7) is 10.7. The Kier molecular flexibility index (Phi) is 8.60. The second-order valence-corrected chi connectivity index (χ2v) is 11.6. The molecule has 4 aromatic rings. The van der Waals surface area contributed by atoms with Crippen molar-refractivity contribution >= 4 is 39.6 Å². The number of fused-ring (bicyclic) bond motifs is 2. The van der Waals surface area contributed by atoms with Crippen molar-refractivity contribution in [2.45, 2.75) is 46.3 Å². The number of nitrogens with zero attached hydrogens (tertiary/aromatic N) is 6. The summed E-state index contributed by atoms with van der Waals surface area (Å²) in [4.78, 5) is 39.1. The van der Waals surface area contributed by atoms with E-state index >= 15 is 4.39 Å². The lowest BCUT2D eigenvalue weighted by molar-refractivity contribution is 0.0158. The molecule has 0 bridgehead atoms. The van der Waals surface area contributed by atoms with Crippen molar-refractivity contribution in [2.24, 2.45) is 7.05 Å². The van der Waals surface area contributed by atoms with Gasteiger partial charge in [0.1, 0.15) is 11.1 Å². The lowest BCUT2D eigenvalue weighted by Crippen LogP contribution is -2.55. The van der Waals surface area contributed by atoms with Gasteiger partial charge in [-0.3, -0.25) is 4.68 Å². The zero-order chi connectivity index (χ0) is 31.8. The molecule has 234 valence electrons. The maximum Gasteiger partial charge on any atom is 0.410 e. The molecular weight excluding hydrogens is 571 g/mol. The number of anilines is 1. The predicted molar refractivity (Wildman–Crippen MR) is 162 cm³/mol. The fourth-order valence-electron chi connectivity index (χ4n) is 5.23. The van der Waals surface area contributed by atoms with Crippen molar-refractivity contribution in [3.05, 3.63) is 42.0 Å². The summed E-state index contributed by atoms with van der Waals surface area (Å²) in [5.41, 5.74) is 1.12. The van der Waals surface area contributed by atoms with E-state index in [1.807, 2.05) is 39.8 Å². The SMILES string of the molecule is CCOC(=O)c1nc(-c2cc3cn(C)nc3c(F)c2OCOC)nc2ccc(N3CCN(C(=O)OC(C)(C)C)[C@@H](C)C3)cc12. The molecule has 13 heteroatoms. The molecule has 1 aliphatic rings. The van der Waals surface area contributed by atoms with Gasteiger partial charge in [0.2, 0.25) is 0 Å². The van der Waals surface area contributed by atoms with E-state index in [0.29, 0.717) is 35.9 Å². The van der Waals surface area contributed by atoms with Crippen molar-refractivity contribution in [3.63, 3.8) is 0 Å². The summed E-state index contributed by atoms with van der Waals surface area (Å²) in [5, 5.41) is 5.19. The molecular formula is C31H37FN6O6. The molecule has 0 radical (unpaired) electrons. The van der Waals surface area contributed by atoms with Crippen molar-refractivity contribution < 1.29 is 32.9 Å². The van der Waals surface area contributed by atoms with Crippen LogP contribution in [0.25, 0.3) is 33.2 Å². The molecule has 0 aliphatic carbocycles. The van der Waals surface area contributed by atoms with Crippen molar-refractivity contribution in [1.29, 1.82) is 0 Å². The van der Waals surface area contributed by atoms with Crippen LogP contribution in [0.2, 0.25) is 0 Å². The Bertz CT molecular complexity index is 1720. The summed E-state index contributed by atoms with van der Waals surface area (Å²) >= 11 is 0. The number of aryl methyl sites for hydroxylation is 1. The number of carbonyl (C=O) groups excluding carboxylic acids is 2. The third kappa shape index (κ3) is 6.23. The van der Waals surface area contributed by atoms with Gasteiger partial charge in [0, 0.05) is 62.5 Å². The lowest BCUT2D eigenvalue weighted by Gasteiger charge is -2.41. The van der Waals surface area contributed by atoms with E-state index in [4.69, 9.17) is 23.9 Å². The van der Waals surface area contributed by atoms with Crippen LogP contribution in [0.15, 0.2) is 30.5 Å². The molecule has 44 heavy (non-hydrogen) atoms. The molecule has 1 fully saturated rings. The van der Waals surface area contributed by atoms with Gasteiger partial charge < -0.3 is 28.7 Å². The molecule has 12 nitrogen and oxygen atoms in total. The predicted octanol–water partition coefficient (Wildman–Crippen LogP) is 4.93. The first-order chi connectivity index (χ1) is 20.9. The standard InChI is InChI=1S/C31H37FN6O6/c1-8-42-29(39)26-21-14-20(37-11-12-38(18(2)15-37)30(40)44-31(3,4)5)9-10-23(21)33-28(34-26)22-13-19-16-36(6)35-25(19)24(32)27(22)43-17-41-7/h9-10,13-14,16,18H,8,11-12,15,17H2,1-7H3/t18-/m0/s1. The highest BCUT2D eigenvalue weighted by molar-refractivity contribution is 6.03. The van der Waals surface area contributed by atoms with Crippen LogP contribution in [0.1, 0.15) is 45.1 Å². The number of esters is 1. The topological polar surface area (TPSA) is 121 Å². The molecule has 0 spiro atoms. The Hall–Kier alpha value is -4.52. The van der Waals surface area contributed by atoms with Crippen LogP contribution in [-0.2, 0) is 21.3 Å². The second kappa shape index (κ2) is 12.2. The van der Waals surface area contributed by atoms with Crippen molar-refractivity contribution in [3.8, 4) is 17.1 Å². The van der Waals surface area contributed by atoms with Gasteiger partial charge in [-0.1, -0.05) is 0 Å². The summed E-state index contributed by atoms with van der Waals surface area (Å²) in [7, 11) is 3.12. The van der Waals surface area contributed by atoms with Crippen LogP contribution in [0.4, 0.5) is 14.9 Å². The first-order valence-corrected chi connectivity index (χ1v) is 14.4. The Morgan fingerprint density at radius 1 is 1.14 bits per heavy atom. The molecule has 2 aromatic carbocycles. The average Bonchev–Trinajstić information content (AvgIpc) is 3.35. The van der Waals surface area contributed by atoms with Gasteiger partial charge in [0.05, 0.1) is 17.7 Å². The molecule has 1 saturated heterocycles. The fraction of sp³-hybridized carbons (Fsp3) is 0.452. The molecule has 3 heterocycles. The number of halogens is 1. The number of rotatable bonds is 7. The third-order valence-corrected chi connectivity index (χ3v) is 7.14. The maximum atomic E-state index is 15.7. The third-order valence-electron chi connectivity index (χ3n) is 7.14. The van der Waals surface area contributed by atoms with Gasteiger partial charge >= 0.3 is 12.1 Å². The minimum Gasteiger partial charge on any atom is -0.464 e. The smallest absolute Gasteiger partial charge is 0.410 e. The summed E-state index contributed by atoms with van der Waals surface area (Å²) in [6.07, 6.45) is 1.33. The first-order valence-electron chi connectivity index (χ1n) is 14.4. The monoisotopic (exact) mass is 608 g/mol. The quantitative estimate of drug-likeness (QED) is 0.211. The lowest BCUT2D eigenvalue weighted by atomic mass is 10.1. The minimum absolute atomic E-state index is 0.0403.